The Hall–Kier alpha value is -1.20. The van der Waals surface area contributed by atoms with Crippen LogP contribution in [-0.2, 0) is 13.0 Å². The quantitative estimate of drug-likeness (QED) is 0.933. The van der Waals surface area contributed by atoms with Crippen LogP contribution in [0.3, 0.4) is 0 Å². The van der Waals surface area contributed by atoms with E-state index in [2.05, 4.69) is 24.1 Å². The van der Waals surface area contributed by atoms with E-state index in [4.69, 9.17) is 0 Å². The molecule has 96 valence electrons. The molecule has 2 aromatic rings. The van der Waals surface area contributed by atoms with Crippen LogP contribution in [0.5, 0.6) is 0 Å². The van der Waals surface area contributed by atoms with Crippen LogP contribution < -0.4 is 5.32 Å². The van der Waals surface area contributed by atoms with Gasteiger partial charge in [-0.15, -0.1) is 22.7 Å². The zero-order chi connectivity index (χ0) is 13.1. The fraction of sp³-hybridized carbons (Fsp3) is 0.385. The van der Waals surface area contributed by atoms with Gasteiger partial charge in [-0.2, -0.15) is 0 Å². The fourth-order valence-corrected chi connectivity index (χ4v) is 3.45. The molecule has 0 aromatic carbocycles. The van der Waals surface area contributed by atoms with Crippen molar-refractivity contribution in [3.8, 4) is 0 Å². The number of rotatable bonds is 4. The second kappa shape index (κ2) is 5.63. The number of thiophene rings is 1. The number of aromatic nitrogens is 1. The van der Waals surface area contributed by atoms with Crippen LogP contribution in [0.25, 0.3) is 0 Å². The standard InChI is InChI=1S/C13H16N2OS2/c1-4-10-8(2)5-11(18-10)13(16)14-6-12-15-9(3)7-17-12/h5,7H,4,6H2,1-3H3,(H,14,16). The predicted molar refractivity (Wildman–Crippen MR) is 76.5 cm³/mol. The van der Waals surface area contributed by atoms with Crippen LogP contribution in [-0.4, -0.2) is 10.9 Å². The highest BCUT2D eigenvalue weighted by atomic mass is 32.1. The predicted octanol–water partition coefficient (Wildman–Crippen LogP) is 3.31. The lowest BCUT2D eigenvalue weighted by Crippen LogP contribution is -2.21. The first-order valence-electron chi connectivity index (χ1n) is 5.88. The minimum absolute atomic E-state index is 0.00402. The van der Waals surface area contributed by atoms with E-state index in [0.717, 1.165) is 22.0 Å². The SMILES string of the molecule is CCc1sc(C(=O)NCc2nc(C)cs2)cc1C. The first kappa shape index (κ1) is 13.2. The van der Waals surface area contributed by atoms with Crippen molar-refractivity contribution >= 4 is 28.6 Å². The van der Waals surface area contributed by atoms with Gasteiger partial charge in [0.05, 0.1) is 11.4 Å². The first-order chi connectivity index (χ1) is 8.60. The van der Waals surface area contributed by atoms with Crippen LogP contribution >= 0.6 is 22.7 Å². The molecule has 2 heterocycles. The van der Waals surface area contributed by atoms with E-state index in [0.29, 0.717) is 6.54 Å². The van der Waals surface area contributed by atoms with Crippen molar-refractivity contribution < 1.29 is 4.79 Å². The second-order valence-corrected chi connectivity index (χ2v) is 6.22. The van der Waals surface area contributed by atoms with Crippen LogP contribution in [0.1, 0.15) is 37.7 Å². The van der Waals surface area contributed by atoms with Gasteiger partial charge < -0.3 is 5.32 Å². The lowest BCUT2D eigenvalue weighted by Gasteiger charge is -1.99. The van der Waals surface area contributed by atoms with Gasteiger partial charge in [0, 0.05) is 16.0 Å². The Bertz CT molecular complexity index is 557. The van der Waals surface area contributed by atoms with Crippen molar-refractivity contribution in [3.63, 3.8) is 0 Å². The minimum atomic E-state index is -0.00402. The van der Waals surface area contributed by atoms with Gasteiger partial charge in [0.25, 0.3) is 5.91 Å². The molecule has 3 nitrogen and oxygen atoms in total. The maximum atomic E-state index is 12.0. The Labute approximate surface area is 115 Å². The molecule has 5 heteroatoms. The average molecular weight is 280 g/mol. The van der Waals surface area contributed by atoms with Gasteiger partial charge in [-0.1, -0.05) is 6.92 Å². The number of thiazole rings is 1. The average Bonchev–Trinajstić information content (AvgIpc) is 2.92. The number of nitrogens with zero attached hydrogens (tertiary/aromatic N) is 1. The third kappa shape index (κ3) is 2.97. The maximum Gasteiger partial charge on any atom is 0.261 e. The number of hydrogen-bond acceptors (Lipinski definition) is 4. The topological polar surface area (TPSA) is 42.0 Å². The van der Waals surface area contributed by atoms with E-state index < -0.39 is 0 Å². The van der Waals surface area contributed by atoms with Gasteiger partial charge in [0.15, 0.2) is 0 Å². The van der Waals surface area contributed by atoms with Crippen molar-refractivity contribution in [1.29, 1.82) is 0 Å². The molecule has 0 aliphatic carbocycles. The Morgan fingerprint density at radius 3 is 2.78 bits per heavy atom. The summed E-state index contributed by atoms with van der Waals surface area (Å²) in [6.45, 7) is 6.63. The largest absolute Gasteiger partial charge is 0.345 e. The number of aryl methyl sites for hydroxylation is 3. The molecule has 18 heavy (non-hydrogen) atoms. The molecule has 2 rings (SSSR count). The molecular formula is C13H16N2OS2. The third-order valence-corrected chi connectivity index (χ3v) is 4.98. The Balaban J connectivity index is 1.99. The van der Waals surface area contributed by atoms with Crippen LogP contribution in [0.15, 0.2) is 11.4 Å². The Kier molecular flexibility index (Phi) is 4.14. The van der Waals surface area contributed by atoms with Gasteiger partial charge in [-0.25, -0.2) is 4.98 Å². The molecular weight excluding hydrogens is 264 g/mol. The lowest BCUT2D eigenvalue weighted by molar-refractivity contribution is 0.0955. The molecule has 1 N–H and O–H groups in total. The number of nitrogens with one attached hydrogen (secondary N) is 1. The molecule has 0 saturated carbocycles. The molecule has 0 aliphatic heterocycles. The summed E-state index contributed by atoms with van der Waals surface area (Å²) in [5, 5.41) is 5.85. The molecule has 1 amide bonds. The summed E-state index contributed by atoms with van der Waals surface area (Å²) in [6, 6.07) is 1.96. The molecule has 0 radical (unpaired) electrons. The van der Waals surface area contributed by atoms with Crippen LogP contribution in [0, 0.1) is 13.8 Å². The Morgan fingerprint density at radius 1 is 1.44 bits per heavy atom. The van der Waals surface area contributed by atoms with Gasteiger partial charge in [-0.3, -0.25) is 4.79 Å². The summed E-state index contributed by atoms with van der Waals surface area (Å²) < 4.78 is 0. The zero-order valence-corrected chi connectivity index (χ0v) is 12.4. The number of carbonyl (C=O) groups excluding carboxylic acids is 1. The van der Waals surface area contributed by atoms with Crippen molar-refractivity contribution in [2.75, 3.05) is 0 Å². The monoisotopic (exact) mass is 280 g/mol. The molecule has 2 aromatic heterocycles. The van der Waals surface area contributed by atoms with Gasteiger partial charge in [0.2, 0.25) is 0 Å². The highest BCUT2D eigenvalue weighted by Crippen LogP contribution is 2.22. The van der Waals surface area contributed by atoms with E-state index >= 15 is 0 Å². The summed E-state index contributed by atoms with van der Waals surface area (Å²) in [4.78, 5) is 18.4. The summed E-state index contributed by atoms with van der Waals surface area (Å²) >= 11 is 3.16. The lowest BCUT2D eigenvalue weighted by atomic mass is 10.2. The number of amides is 1. The minimum Gasteiger partial charge on any atom is -0.345 e. The molecule has 0 bridgehead atoms. The van der Waals surface area contributed by atoms with E-state index in [1.165, 1.54) is 10.4 Å². The maximum absolute atomic E-state index is 12.0. The van der Waals surface area contributed by atoms with Crippen molar-refractivity contribution in [2.45, 2.75) is 33.7 Å². The molecule has 0 saturated heterocycles. The molecule has 0 atom stereocenters. The highest BCUT2D eigenvalue weighted by Gasteiger charge is 2.11. The van der Waals surface area contributed by atoms with Crippen LogP contribution in [0.2, 0.25) is 0 Å². The van der Waals surface area contributed by atoms with Gasteiger partial charge >= 0.3 is 0 Å². The highest BCUT2D eigenvalue weighted by molar-refractivity contribution is 7.14. The van der Waals surface area contributed by atoms with Crippen molar-refractivity contribution in [1.82, 2.24) is 10.3 Å². The first-order valence-corrected chi connectivity index (χ1v) is 7.58. The number of carbonyl (C=O) groups is 1. The van der Waals surface area contributed by atoms with E-state index in [1.54, 1.807) is 22.7 Å². The normalized spacial score (nSPS) is 10.6. The van der Waals surface area contributed by atoms with Crippen molar-refractivity contribution in [3.05, 3.63) is 37.5 Å². The van der Waals surface area contributed by atoms with E-state index in [9.17, 15) is 4.79 Å². The van der Waals surface area contributed by atoms with Crippen LogP contribution in [0.4, 0.5) is 0 Å². The summed E-state index contributed by atoms with van der Waals surface area (Å²) in [5.74, 6) is -0.00402. The summed E-state index contributed by atoms with van der Waals surface area (Å²) in [6.07, 6.45) is 0.982. The molecule has 0 spiro atoms. The number of hydrogen-bond donors (Lipinski definition) is 1. The summed E-state index contributed by atoms with van der Waals surface area (Å²) in [5.41, 5.74) is 2.21. The molecule has 0 fully saturated rings. The molecule has 0 unspecified atom stereocenters. The molecule has 0 aliphatic rings. The Morgan fingerprint density at radius 2 is 2.22 bits per heavy atom. The van der Waals surface area contributed by atoms with Crippen molar-refractivity contribution in [2.24, 2.45) is 0 Å². The van der Waals surface area contributed by atoms with Gasteiger partial charge in [-0.05, 0) is 31.9 Å². The van der Waals surface area contributed by atoms with Gasteiger partial charge in [0.1, 0.15) is 5.01 Å². The fourth-order valence-electron chi connectivity index (χ4n) is 1.71. The second-order valence-electron chi connectivity index (χ2n) is 4.14. The summed E-state index contributed by atoms with van der Waals surface area (Å²) in [7, 11) is 0. The van der Waals surface area contributed by atoms with E-state index in [1.807, 2.05) is 18.4 Å². The van der Waals surface area contributed by atoms with E-state index in [-0.39, 0.29) is 5.91 Å². The smallest absolute Gasteiger partial charge is 0.261 e. The third-order valence-electron chi connectivity index (χ3n) is 2.63. The zero-order valence-electron chi connectivity index (χ0n) is 10.7.